The van der Waals surface area contributed by atoms with Crippen LogP contribution in [0.15, 0.2) is 24.3 Å². The van der Waals surface area contributed by atoms with Crippen LogP contribution in [0, 0.1) is 17.8 Å². The molecule has 128 valence electrons. The average molecular weight is 305 g/mol. The Labute approximate surface area is 140 Å². The maximum Gasteiger partial charge on any atom is -0.0259 e. The Morgan fingerprint density at radius 2 is 1.55 bits per heavy atom. The van der Waals surface area contributed by atoms with E-state index in [2.05, 4.69) is 45.1 Å². The van der Waals surface area contributed by atoms with E-state index in [1.165, 1.54) is 77.0 Å². The second kappa shape index (κ2) is 13.0. The zero-order chi connectivity index (χ0) is 16.0. The first-order valence-electron chi connectivity index (χ1n) is 10.00. The monoisotopic (exact) mass is 304 g/mol. The van der Waals surface area contributed by atoms with Gasteiger partial charge in [-0.15, -0.1) is 0 Å². The Kier molecular flexibility index (Phi) is 11.5. The van der Waals surface area contributed by atoms with Crippen LogP contribution in [0.25, 0.3) is 0 Å². The van der Waals surface area contributed by atoms with Crippen LogP contribution in [0.4, 0.5) is 0 Å². The molecule has 0 aromatic carbocycles. The maximum atomic E-state index is 2.49. The lowest BCUT2D eigenvalue weighted by Gasteiger charge is -2.23. The van der Waals surface area contributed by atoms with E-state index in [0.717, 1.165) is 17.8 Å². The molecule has 0 nitrogen and oxygen atoms in total. The van der Waals surface area contributed by atoms with Gasteiger partial charge in [0.2, 0.25) is 0 Å². The van der Waals surface area contributed by atoms with Gasteiger partial charge in [0.1, 0.15) is 0 Å². The third-order valence-corrected chi connectivity index (χ3v) is 5.27. The largest absolute Gasteiger partial charge is 0.0917 e. The van der Waals surface area contributed by atoms with E-state index in [1.807, 2.05) is 0 Å². The van der Waals surface area contributed by atoms with Gasteiger partial charge in [-0.1, -0.05) is 83.1 Å². The lowest BCUT2D eigenvalue weighted by molar-refractivity contribution is 0.315. The van der Waals surface area contributed by atoms with E-state index in [0.29, 0.717) is 0 Å². The Bertz CT molecular complexity index is 293. The molecule has 0 aliphatic heterocycles. The van der Waals surface area contributed by atoms with Crippen molar-refractivity contribution in [1.29, 1.82) is 0 Å². The summed E-state index contributed by atoms with van der Waals surface area (Å²) in [6, 6.07) is 0. The number of hydrogen-bond acceptors (Lipinski definition) is 0. The second-order valence-electron chi connectivity index (χ2n) is 7.68. The standard InChI is InChI=1S/C22H40/c1-4-5-6-9-14-20(2)15-10-7-11-16-21(3)19-22-17-12-8-13-18-22/h4-5,11,16,20-22H,6-10,12-15,17-19H2,1-3H3/b5-4-,16-11-. The van der Waals surface area contributed by atoms with Gasteiger partial charge < -0.3 is 0 Å². The highest BCUT2D eigenvalue weighted by molar-refractivity contribution is 4.88. The summed E-state index contributed by atoms with van der Waals surface area (Å²) in [5, 5.41) is 0. The van der Waals surface area contributed by atoms with E-state index in [1.54, 1.807) is 0 Å². The van der Waals surface area contributed by atoms with Crippen LogP contribution in [0.5, 0.6) is 0 Å². The highest BCUT2D eigenvalue weighted by Crippen LogP contribution is 2.29. The van der Waals surface area contributed by atoms with Gasteiger partial charge in [-0.3, -0.25) is 0 Å². The predicted octanol–water partition coefficient (Wildman–Crippen LogP) is 7.70. The predicted molar refractivity (Wildman–Crippen MR) is 101 cm³/mol. The first-order chi connectivity index (χ1) is 10.7. The highest BCUT2D eigenvalue weighted by atomic mass is 14.2. The van der Waals surface area contributed by atoms with E-state index >= 15 is 0 Å². The van der Waals surface area contributed by atoms with Crippen molar-refractivity contribution in [3.8, 4) is 0 Å². The molecule has 0 heteroatoms. The third-order valence-electron chi connectivity index (χ3n) is 5.27. The molecular weight excluding hydrogens is 264 g/mol. The van der Waals surface area contributed by atoms with Gasteiger partial charge in [-0.25, -0.2) is 0 Å². The van der Waals surface area contributed by atoms with Crippen LogP contribution in [-0.2, 0) is 0 Å². The van der Waals surface area contributed by atoms with Crippen molar-refractivity contribution >= 4 is 0 Å². The summed E-state index contributed by atoms with van der Waals surface area (Å²) in [6.45, 7) is 6.95. The molecule has 1 aliphatic carbocycles. The summed E-state index contributed by atoms with van der Waals surface area (Å²) < 4.78 is 0. The van der Waals surface area contributed by atoms with Crippen LogP contribution >= 0.6 is 0 Å². The summed E-state index contributed by atoms with van der Waals surface area (Å²) in [4.78, 5) is 0. The van der Waals surface area contributed by atoms with Gasteiger partial charge in [-0.05, 0) is 56.8 Å². The minimum atomic E-state index is 0.793. The molecule has 1 aliphatic rings. The van der Waals surface area contributed by atoms with Crippen LogP contribution in [0.3, 0.4) is 0 Å². The van der Waals surface area contributed by atoms with Gasteiger partial charge in [0, 0.05) is 0 Å². The lowest BCUT2D eigenvalue weighted by atomic mass is 9.83. The van der Waals surface area contributed by atoms with Crippen molar-refractivity contribution in [2.45, 2.75) is 97.8 Å². The van der Waals surface area contributed by atoms with Crippen LogP contribution in [-0.4, -0.2) is 0 Å². The van der Waals surface area contributed by atoms with Crippen LogP contribution in [0.2, 0.25) is 0 Å². The Morgan fingerprint density at radius 1 is 0.909 bits per heavy atom. The molecule has 0 aromatic rings. The molecule has 1 fully saturated rings. The van der Waals surface area contributed by atoms with Gasteiger partial charge >= 0.3 is 0 Å². The molecule has 1 saturated carbocycles. The highest BCUT2D eigenvalue weighted by Gasteiger charge is 2.14. The molecule has 2 atom stereocenters. The maximum absolute atomic E-state index is 2.49. The molecule has 0 amide bonds. The zero-order valence-corrected chi connectivity index (χ0v) is 15.5. The molecule has 0 saturated heterocycles. The van der Waals surface area contributed by atoms with E-state index in [9.17, 15) is 0 Å². The van der Waals surface area contributed by atoms with Gasteiger partial charge in [0.15, 0.2) is 0 Å². The van der Waals surface area contributed by atoms with Crippen LogP contribution < -0.4 is 0 Å². The SMILES string of the molecule is C/C=C\CCCC(C)CCC/C=C\C(C)CC1CCCCC1. The molecule has 0 heterocycles. The van der Waals surface area contributed by atoms with Crippen molar-refractivity contribution in [2.24, 2.45) is 17.8 Å². The zero-order valence-electron chi connectivity index (χ0n) is 15.5. The summed E-state index contributed by atoms with van der Waals surface area (Å²) >= 11 is 0. The molecule has 22 heavy (non-hydrogen) atoms. The first kappa shape index (κ1) is 19.5. The van der Waals surface area contributed by atoms with E-state index in [4.69, 9.17) is 0 Å². The lowest BCUT2D eigenvalue weighted by Crippen LogP contribution is -2.09. The fourth-order valence-electron chi connectivity index (χ4n) is 3.84. The van der Waals surface area contributed by atoms with Crippen molar-refractivity contribution in [1.82, 2.24) is 0 Å². The van der Waals surface area contributed by atoms with Crippen molar-refractivity contribution < 1.29 is 0 Å². The van der Waals surface area contributed by atoms with E-state index in [-0.39, 0.29) is 0 Å². The summed E-state index contributed by atoms with van der Waals surface area (Å²) in [6.07, 6.45) is 26.3. The summed E-state index contributed by atoms with van der Waals surface area (Å²) in [5.41, 5.74) is 0. The average Bonchev–Trinajstić information content (AvgIpc) is 2.52. The van der Waals surface area contributed by atoms with Gasteiger partial charge in [-0.2, -0.15) is 0 Å². The first-order valence-corrected chi connectivity index (χ1v) is 10.00. The Balaban J connectivity index is 2.00. The quantitative estimate of drug-likeness (QED) is 0.271. The van der Waals surface area contributed by atoms with Crippen molar-refractivity contribution in [3.05, 3.63) is 24.3 Å². The minimum absolute atomic E-state index is 0.793. The van der Waals surface area contributed by atoms with Crippen molar-refractivity contribution in [2.75, 3.05) is 0 Å². The Morgan fingerprint density at radius 3 is 2.18 bits per heavy atom. The molecule has 1 rings (SSSR count). The fraction of sp³-hybridized carbons (Fsp3) is 0.818. The number of unbranched alkanes of at least 4 members (excludes halogenated alkanes) is 2. The van der Waals surface area contributed by atoms with Gasteiger partial charge in [0.25, 0.3) is 0 Å². The summed E-state index contributed by atoms with van der Waals surface area (Å²) in [5.74, 6) is 2.71. The molecular formula is C22H40. The molecule has 0 N–H and O–H groups in total. The molecule has 0 bridgehead atoms. The molecule has 2 unspecified atom stereocenters. The summed E-state index contributed by atoms with van der Waals surface area (Å²) in [7, 11) is 0. The minimum Gasteiger partial charge on any atom is -0.0917 e. The smallest absolute Gasteiger partial charge is 0.0259 e. The third kappa shape index (κ3) is 10.2. The number of rotatable bonds is 11. The van der Waals surface area contributed by atoms with Gasteiger partial charge in [0.05, 0.1) is 0 Å². The Hall–Kier alpha value is -0.520. The molecule has 0 aromatic heterocycles. The van der Waals surface area contributed by atoms with E-state index < -0.39 is 0 Å². The normalized spacial score (nSPS) is 20.0. The molecule has 0 spiro atoms. The second-order valence-corrected chi connectivity index (χ2v) is 7.68. The number of hydrogen-bond donors (Lipinski definition) is 0. The fourth-order valence-corrected chi connectivity index (χ4v) is 3.84. The van der Waals surface area contributed by atoms with Crippen molar-refractivity contribution in [3.63, 3.8) is 0 Å². The number of allylic oxidation sites excluding steroid dienone is 4. The van der Waals surface area contributed by atoms with Crippen LogP contribution in [0.1, 0.15) is 97.8 Å². The topological polar surface area (TPSA) is 0 Å². The molecule has 0 radical (unpaired) electrons.